The molecule has 3 aromatic carbocycles. The fourth-order valence-corrected chi connectivity index (χ4v) is 3.56. The molecule has 142 valence electrons. The first-order valence-electron chi connectivity index (χ1n) is 8.29. The fourth-order valence-electron chi connectivity index (χ4n) is 2.45. The molecule has 0 unspecified atom stereocenters. The van der Waals surface area contributed by atoms with Crippen molar-refractivity contribution >= 4 is 40.9 Å². The molecule has 28 heavy (non-hydrogen) atoms. The Hall–Kier alpha value is -2.96. The molecule has 3 N–H and O–H groups in total. The second-order valence-electron chi connectivity index (χ2n) is 5.82. The zero-order valence-electron chi connectivity index (χ0n) is 14.9. The quantitative estimate of drug-likeness (QED) is 0.606. The summed E-state index contributed by atoms with van der Waals surface area (Å²) in [5.74, 6) is -0.152. The summed E-state index contributed by atoms with van der Waals surface area (Å²) >= 11 is 7.89. The molecule has 0 atom stereocenters. The van der Waals surface area contributed by atoms with E-state index < -0.39 is 5.91 Å². The molecule has 2 amide bonds. The maximum Gasteiger partial charge on any atom is 0.255 e. The van der Waals surface area contributed by atoms with E-state index in [1.54, 1.807) is 37.4 Å². The van der Waals surface area contributed by atoms with E-state index in [1.165, 1.54) is 17.8 Å². The third-order valence-corrected chi connectivity index (χ3v) is 5.39. The van der Waals surface area contributed by atoms with Gasteiger partial charge in [-0.25, -0.2) is 0 Å². The molecule has 0 spiro atoms. The number of hydrogen-bond acceptors (Lipinski definition) is 4. The Balaban J connectivity index is 1.72. The molecular weight excluding hydrogens is 396 g/mol. The number of amides is 2. The molecule has 0 radical (unpaired) electrons. The Kier molecular flexibility index (Phi) is 6.23. The van der Waals surface area contributed by atoms with Gasteiger partial charge in [-0.15, -0.1) is 0 Å². The summed E-state index contributed by atoms with van der Waals surface area (Å²) in [6, 6.07) is 19.2. The molecule has 0 saturated heterocycles. The van der Waals surface area contributed by atoms with Crippen LogP contribution in [0.1, 0.15) is 20.7 Å². The Morgan fingerprint density at radius 3 is 2.36 bits per heavy atom. The number of carbonyl (C=O) groups excluding carboxylic acids is 2. The van der Waals surface area contributed by atoms with Crippen molar-refractivity contribution in [1.29, 1.82) is 0 Å². The maximum atomic E-state index is 12.4. The van der Waals surface area contributed by atoms with Gasteiger partial charge in [0.1, 0.15) is 5.75 Å². The number of nitrogens with one attached hydrogen (secondary N) is 1. The highest BCUT2D eigenvalue weighted by molar-refractivity contribution is 7.99. The third-order valence-electron chi connectivity index (χ3n) is 3.89. The summed E-state index contributed by atoms with van der Waals surface area (Å²) in [4.78, 5) is 25.6. The number of primary amides is 1. The van der Waals surface area contributed by atoms with Crippen LogP contribution in [0, 0.1) is 0 Å². The SMILES string of the molecule is COc1ccc(Sc2ccc(NC(=O)c3cccc(C(N)=O)c3)cc2Cl)cc1. The standard InChI is InChI=1S/C21H17ClN2O3S/c1-27-16-6-8-17(9-7-16)28-19-10-5-15(12-18(19)22)24-21(26)14-4-2-3-13(11-14)20(23)25/h2-12H,1H3,(H2,23,25)(H,24,26). The van der Waals surface area contributed by atoms with Crippen molar-refractivity contribution in [3.63, 3.8) is 0 Å². The average Bonchev–Trinajstić information content (AvgIpc) is 2.70. The lowest BCUT2D eigenvalue weighted by Crippen LogP contribution is -2.15. The smallest absolute Gasteiger partial charge is 0.255 e. The maximum absolute atomic E-state index is 12.4. The zero-order valence-corrected chi connectivity index (χ0v) is 16.5. The molecule has 3 aromatic rings. The Morgan fingerprint density at radius 2 is 1.71 bits per heavy atom. The van der Waals surface area contributed by atoms with Gasteiger partial charge in [-0.2, -0.15) is 0 Å². The van der Waals surface area contributed by atoms with Gasteiger partial charge < -0.3 is 15.8 Å². The summed E-state index contributed by atoms with van der Waals surface area (Å²) < 4.78 is 5.15. The van der Waals surface area contributed by atoms with Crippen molar-refractivity contribution < 1.29 is 14.3 Å². The molecule has 5 nitrogen and oxygen atoms in total. The molecule has 0 heterocycles. The van der Waals surface area contributed by atoms with Gasteiger partial charge in [-0.3, -0.25) is 9.59 Å². The van der Waals surface area contributed by atoms with Crippen molar-refractivity contribution in [3.8, 4) is 5.75 Å². The molecule has 0 fully saturated rings. The van der Waals surface area contributed by atoms with E-state index in [-0.39, 0.29) is 11.5 Å². The van der Waals surface area contributed by atoms with Crippen LogP contribution >= 0.6 is 23.4 Å². The van der Waals surface area contributed by atoms with Crippen LogP contribution in [0.15, 0.2) is 76.5 Å². The van der Waals surface area contributed by atoms with Gasteiger partial charge in [0.15, 0.2) is 0 Å². The lowest BCUT2D eigenvalue weighted by molar-refractivity contribution is 0.1000. The van der Waals surface area contributed by atoms with E-state index in [0.717, 1.165) is 15.5 Å². The molecule has 0 aromatic heterocycles. The topological polar surface area (TPSA) is 81.4 Å². The van der Waals surface area contributed by atoms with Gasteiger partial charge in [-0.1, -0.05) is 29.4 Å². The van der Waals surface area contributed by atoms with Crippen molar-refractivity contribution in [3.05, 3.63) is 82.9 Å². The van der Waals surface area contributed by atoms with Crippen molar-refractivity contribution in [2.75, 3.05) is 12.4 Å². The predicted octanol–water partition coefficient (Wildman–Crippen LogP) is 4.85. The van der Waals surface area contributed by atoms with Crippen LogP contribution in [-0.2, 0) is 0 Å². The number of methoxy groups -OCH3 is 1. The first kappa shape index (κ1) is 19.8. The van der Waals surface area contributed by atoms with Crippen LogP contribution in [0.3, 0.4) is 0 Å². The first-order valence-corrected chi connectivity index (χ1v) is 9.48. The molecule has 7 heteroatoms. The largest absolute Gasteiger partial charge is 0.497 e. The summed E-state index contributed by atoms with van der Waals surface area (Å²) in [7, 11) is 1.62. The number of benzene rings is 3. The molecule has 0 aliphatic carbocycles. The van der Waals surface area contributed by atoms with Gasteiger partial charge in [-0.05, 0) is 60.7 Å². The van der Waals surface area contributed by atoms with Gasteiger partial charge >= 0.3 is 0 Å². The number of hydrogen-bond donors (Lipinski definition) is 2. The van der Waals surface area contributed by atoms with Crippen LogP contribution in [0.25, 0.3) is 0 Å². The van der Waals surface area contributed by atoms with Crippen molar-refractivity contribution in [1.82, 2.24) is 0 Å². The lowest BCUT2D eigenvalue weighted by atomic mass is 10.1. The number of halogens is 1. The molecule has 0 aliphatic rings. The second-order valence-corrected chi connectivity index (χ2v) is 7.34. The summed E-state index contributed by atoms with van der Waals surface area (Å²) in [5, 5.41) is 3.29. The normalized spacial score (nSPS) is 10.4. The van der Waals surface area contributed by atoms with E-state index in [1.807, 2.05) is 30.3 Å². The van der Waals surface area contributed by atoms with Gasteiger partial charge in [0.2, 0.25) is 5.91 Å². The minimum absolute atomic E-state index is 0.275. The number of anilines is 1. The monoisotopic (exact) mass is 412 g/mol. The molecule has 0 bridgehead atoms. The highest BCUT2D eigenvalue weighted by Crippen LogP contribution is 2.35. The Labute approximate surface area is 171 Å². The predicted molar refractivity (Wildman–Crippen MR) is 111 cm³/mol. The molecule has 0 saturated carbocycles. The van der Waals surface area contributed by atoms with E-state index in [9.17, 15) is 9.59 Å². The van der Waals surface area contributed by atoms with E-state index >= 15 is 0 Å². The first-order chi connectivity index (χ1) is 13.5. The second kappa shape index (κ2) is 8.82. The van der Waals surface area contributed by atoms with E-state index in [0.29, 0.717) is 16.3 Å². The lowest BCUT2D eigenvalue weighted by Gasteiger charge is -2.09. The third kappa shape index (κ3) is 4.85. The number of nitrogens with two attached hydrogens (primary N) is 1. The Bertz CT molecular complexity index is 1020. The van der Waals surface area contributed by atoms with E-state index in [2.05, 4.69) is 5.32 Å². The highest BCUT2D eigenvalue weighted by Gasteiger charge is 2.11. The summed E-state index contributed by atoms with van der Waals surface area (Å²) in [5.41, 5.74) is 6.42. The minimum atomic E-state index is -0.586. The zero-order chi connectivity index (χ0) is 20.1. The van der Waals surface area contributed by atoms with Crippen LogP contribution in [0.5, 0.6) is 5.75 Å². The number of rotatable bonds is 6. The molecular formula is C21H17ClN2O3S. The van der Waals surface area contributed by atoms with Crippen molar-refractivity contribution in [2.24, 2.45) is 5.73 Å². The van der Waals surface area contributed by atoms with Crippen molar-refractivity contribution in [2.45, 2.75) is 9.79 Å². The van der Waals surface area contributed by atoms with Gasteiger partial charge in [0, 0.05) is 26.6 Å². The fraction of sp³-hybridized carbons (Fsp3) is 0.0476. The average molecular weight is 413 g/mol. The number of carbonyl (C=O) groups is 2. The van der Waals surface area contributed by atoms with Crippen LogP contribution < -0.4 is 15.8 Å². The highest BCUT2D eigenvalue weighted by atomic mass is 35.5. The van der Waals surface area contributed by atoms with Crippen LogP contribution in [0.2, 0.25) is 5.02 Å². The number of ether oxygens (including phenoxy) is 1. The molecule has 3 rings (SSSR count). The molecule has 0 aliphatic heterocycles. The van der Waals surface area contributed by atoms with Gasteiger partial charge in [0.05, 0.1) is 12.1 Å². The van der Waals surface area contributed by atoms with Crippen LogP contribution in [-0.4, -0.2) is 18.9 Å². The minimum Gasteiger partial charge on any atom is -0.497 e. The summed E-state index contributed by atoms with van der Waals surface area (Å²) in [6.07, 6.45) is 0. The Morgan fingerprint density at radius 1 is 1.00 bits per heavy atom. The van der Waals surface area contributed by atoms with Crippen LogP contribution in [0.4, 0.5) is 5.69 Å². The van der Waals surface area contributed by atoms with Gasteiger partial charge in [0.25, 0.3) is 5.91 Å². The summed E-state index contributed by atoms with van der Waals surface area (Å²) in [6.45, 7) is 0. The van der Waals surface area contributed by atoms with E-state index in [4.69, 9.17) is 22.1 Å².